The minimum absolute atomic E-state index is 0.177. The summed E-state index contributed by atoms with van der Waals surface area (Å²) in [5.41, 5.74) is 2.85. The summed E-state index contributed by atoms with van der Waals surface area (Å²) < 4.78 is 11.2. The Balaban J connectivity index is 1.53. The minimum Gasteiger partial charge on any atom is -0.449 e. The number of aromatic nitrogens is 2. The Kier molecular flexibility index (Phi) is 5.71. The lowest BCUT2D eigenvalue weighted by atomic mass is 9.98. The van der Waals surface area contributed by atoms with Gasteiger partial charge in [-0.05, 0) is 32.0 Å². The Morgan fingerprint density at radius 3 is 2.19 bits per heavy atom. The number of esters is 1. The number of benzene rings is 3. The van der Waals surface area contributed by atoms with E-state index in [1.807, 2.05) is 37.3 Å². The number of ether oxygens (including phenoxy) is 1. The topological polar surface area (TPSA) is 82.3 Å². The first kappa shape index (κ1) is 20.2. The van der Waals surface area contributed by atoms with Gasteiger partial charge in [0.05, 0.1) is 5.56 Å². The Morgan fingerprint density at radius 1 is 0.839 bits per heavy atom. The van der Waals surface area contributed by atoms with E-state index in [0.717, 1.165) is 11.1 Å². The highest BCUT2D eigenvalue weighted by Crippen LogP contribution is 2.24. The zero-order valence-corrected chi connectivity index (χ0v) is 17.1. The molecule has 0 aliphatic heterocycles. The largest absolute Gasteiger partial charge is 0.449 e. The normalized spacial score (nSPS) is 11.7. The van der Waals surface area contributed by atoms with Crippen LogP contribution in [0.1, 0.15) is 50.8 Å². The van der Waals surface area contributed by atoms with Crippen molar-refractivity contribution in [1.29, 1.82) is 0 Å². The van der Waals surface area contributed by atoms with Gasteiger partial charge in [0.1, 0.15) is 0 Å². The second kappa shape index (κ2) is 8.75. The van der Waals surface area contributed by atoms with Gasteiger partial charge in [-0.3, -0.25) is 4.79 Å². The van der Waals surface area contributed by atoms with Crippen LogP contribution in [0.4, 0.5) is 0 Å². The van der Waals surface area contributed by atoms with Gasteiger partial charge in [-0.15, -0.1) is 10.2 Å². The van der Waals surface area contributed by atoms with Gasteiger partial charge in [0, 0.05) is 16.7 Å². The molecule has 4 rings (SSSR count). The lowest BCUT2D eigenvalue weighted by molar-refractivity contribution is 0.0278. The summed E-state index contributed by atoms with van der Waals surface area (Å²) in [6.07, 6.45) is -0.779. The van der Waals surface area contributed by atoms with Gasteiger partial charge in [0.25, 0.3) is 5.89 Å². The Hall–Kier alpha value is -4.06. The van der Waals surface area contributed by atoms with Crippen molar-refractivity contribution in [3.05, 3.63) is 107 Å². The molecule has 0 unspecified atom stereocenters. The number of carbonyl (C=O) groups is 2. The number of hydrogen-bond acceptors (Lipinski definition) is 6. The monoisotopic (exact) mass is 412 g/mol. The average Bonchev–Trinajstić information content (AvgIpc) is 3.30. The third kappa shape index (κ3) is 4.43. The maximum absolute atomic E-state index is 12.9. The van der Waals surface area contributed by atoms with Gasteiger partial charge in [0.2, 0.25) is 5.89 Å². The smallest absolute Gasteiger partial charge is 0.339 e. The lowest BCUT2D eigenvalue weighted by Gasteiger charge is -2.12. The van der Waals surface area contributed by atoms with Gasteiger partial charge in [-0.1, -0.05) is 66.2 Å². The van der Waals surface area contributed by atoms with Crippen LogP contribution in [0.25, 0.3) is 11.5 Å². The molecule has 6 heteroatoms. The van der Waals surface area contributed by atoms with Gasteiger partial charge < -0.3 is 9.15 Å². The number of rotatable bonds is 6. The quantitative estimate of drug-likeness (QED) is 0.320. The molecule has 1 aromatic heterocycles. The van der Waals surface area contributed by atoms with Gasteiger partial charge in [-0.25, -0.2) is 4.79 Å². The molecule has 154 valence electrons. The first-order valence-electron chi connectivity index (χ1n) is 9.83. The number of carbonyl (C=O) groups excluding carboxylic acids is 2. The van der Waals surface area contributed by atoms with Crippen molar-refractivity contribution in [2.24, 2.45) is 0 Å². The predicted molar refractivity (Wildman–Crippen MR) is 115 cm³/mol. The molecule has 0 bridgehead atoms. The van der Waals surface area contributed by atoms with E-state index in [2.05, 4.69) is 10.2 Å². The fourth-order valence-electron chi connectivity index (χ4n) is 3.09. The fourth-order valence-corrected chi connectivity index (χ4v) is 3.09. The minimum atomic E-state index is -0.779. The van der Waals surface area contributed by atoms with Crippen LogP contribution >= 0.6 is 0 Å². The van der Waals surface area contributed by atoms with Gasteiger partial charge in [-0.2, -0.15) is 0 Å². The standard InChI is InChI=1S/C25H20N2O4/c1-16-12-14-19(15-13-16)24-27-26-23(31-24)17(2)30-25(29)21-11-7-6-10-20(21)22(28)18-8-4-3-5-9-18/h3-15,17H,1-2H3/t17-/m1/s1. The van der Waals surface area contributed by atoms with Crippen molar-refractivity contribution in [2.45, 2.75) is 20.0 Å². The molecule has 1 heterocycles. The molecule has 0 aliphatic rings. The van der Waals surface area contributed by atoms with Crippen LogP contribution in [0.15, 0.2) is 83.3 Å². The summed E-state index contributed by atoms with van der Waals surface area (Å²) >= 11 is 0. The second-order valence-corrected chi connectivity index (χ2v) is 7.10. The molecule has 0 saturated heterocycles. The van der Waals surface area contributed by atoms with Crippen molar-refractivity contribution < 1.29 is 18.7 Å². The number of nitrogens with zero attached hydrogens (tertiary/aromatic N) is 2. The molecule has 6 nitrogen and oxygen atoms in total. The summed E-state index contributed by atoms with van der Waals surface area (Å²) in [6, 6.07) is 23.0. The van der Waals surface area contributed by atoms with E-state index in [1.54, 1.807) is 55.5 Å². The maximum Gasteiger partial charge on any atom is 0.339 e. The molecule has 0 amide bonds. The first-order chi connectivity index (χ1) is 15.0. The number of hydrogen-bond donors (Lipinski definition) is 0. The molecule has 0 radical (unpaired) electrons. The van der Waals surface area contributed by atoms with Crippen LogP contribution in [-0.4, -0.2) is 21.9 Å². The zero-order chi connectivity index (χ0) is 21.8. The molecule has 3 aromatic carbocycles. The molecule has 4 aromatic rings. The number of aryl methyl sites for hydroxylation is 1. The lowest BCUT2D eigenvalue weighted by Crippen LogP contribution is -2.14. The van der Waals surface area contributed by atoms with Crippen molar-refractivity contribution in [3.8, 4) is 11.5 Å². The summed E-state index contributed by atoms with van der Waals surface area (Å²) in [5.74, 6) is -0.365. The molecule has 0 spiro atoms. The van der Waals surface area contributed by atoms with Gasteiger partial charge >= 0.3 is 5.97 Å². The Labute approximate surface area is 179 Å². The first-order valence-corrected chi connectivity index (χ1v) is 9.83. The van der Waals surface area contributed by atoms with E-state index >= 15 is 0 Å². The molecule has 0 N–H and O–H groups in total. The van der Waals surface area contributed by atoms with Crippen LogP contribution < -0.4 is 0 Å². The zero-order valence-electron chi connectivity index (χ0n) is 17.1. The summed E-state index contributed by atoms with van der Waals surface area (Å²) in [5, 5.41) is 8.05. The number of ketones is 1. The summed E-state index contributed by atoms with van der Waals surface area (Å²) in [6.45, 7) is 3.64. The average molecular weight is 412 g/mol. The van der Waals surface area contributed by atoms with E-state index < -0.39 is 12.1 Å². The van der Waals surface area contributed by atoms with Crippen molar-refractivity contribution in [1.82, 2.24) is 10.2 Å². The molecule has 0 saturated carbocycles. The van der Waals surface area contributed by atoms with E-state index in [0.29, 0.717) is 11.5 Å². The summed E-state index contributed by atoms with van der Waals surface area (Å²) in [7, 11) is 0. The molecular weight excluding hydrogens is 392 g/mol. The van der Waals surface area contributed by atoms with Crippen LogP contribution in [0.5, 0.6) is 0 Å². The van der Waals surface area contributed by atoms with Gasteiger partial charge in [0.15, 0.2) is 11.9 Å². The maximum atomic E-state index is 12.9. The summed E-state index contributed by atoms with van der Waals surface area (Å²) in [4.78, 5) is 25.7. The van der Waals surface area contributed by atoms with Crippen LogP contribution in [0.3, 0.4) is 0 Å². The van der Waals surface area contributed by atoms with Crippen LogP contribution in [0, 0.1) is 6.92 Å². The Morgan fingerprint density at radius 2 is 1.48 bits per heavy atom. The van der Waals surface area contributed by atoms with Crippen LogP contribution in [-0.2, 0) is 4.74 Å². The van der Waals surface area contributed by atoms with E-state index in [9.17, 15) is 9.59 Å². The van der Waals surface area contributed by atoms with E-state index in [-0.39, 0.29) is 22.8 Å². The highest BCUT2D eigenvalue weighted by atomic mass is 16.6. The highest BCUT2D eigenvalue weighted by molar-refractivity contribution is 6.14. The van der Waals surface area contributed by atoms with Crippen molar-refractivity contribution in [2.75, 3.05) is 0 Å². The third-order valence-corrected chi connectivity index (χ3v) is 4.80. The van der Waals surface area contributed by atoms with E-state index in [1.165, 1.54) is 0 Å². The predicted octanol–water partition coefficient (Wildman–Crippen LogP) is 5.19. The highest BCUT2D eigenvalue weighted by Gasteiger charge is 2.23. The molecule has 1 atom stereocenters. The second-order valence-electron chi connectivity index (χ2n) is 7.10. The molecule has 31 heavy (non-hydrogen) atoms. The van der Waals surface area contributed by atoms with Crippen molar-refractivity contribution >= 4 is 11.8 Å². The Bertz CT molecular complexity index is 1210. The SMILES string of the molecule is Cc1ccc(-c2nnc([C@@H](C)OC(=O)c3ccccc3C(=O)c3ccccc3)o2)cc1. The fraction of sp³-hybridized carbons (Fsp3) is 0.120. The van der Waals surface area contributed by atoms with Crippen molar-refractivity contribution in [3.63, 3.8) is 0 Å². The molecular formula is C25H20N2O4. The molecule has 0 fully saturated rings. The van der Waals surface area contributed by atoms with E-state index in [4.69, 9.17) is 9.15 Å². The third-order valence-electron chi connectivity index (χ3n) is 4.80. The molecule has 0 aliphatic carbocycles. The van der Waals surface area contributed by atoms with Crippen LogP contribution in [0.2, 0.25) is 0 Å².